The minimum atomic E-state index is 0.0104. The predicted molar refractivity (Wildman–Crippen MR) is 54.8 cm³/mol. The van der Waals surface area contributed by atoms with Gasteiger partial charge in [-0.25, -0.2) is 5.12 Å². The lowest BCUT2D eigenvalue weighted by Gasteiger charge is -2.35. The summed E-state index contributed by atoms with van der Waals surface area (Å²) in [7, 11) is 0. The van der Waals surface area contributed by atoms with Crippen LogP contribution >= 0.6 is 0 Å². The van der Waals surface area contributed by atoms with Crippen molar-refractivity contribution in [3.63, 3.8) is 0 Å². The first kappa shape index (κ1) is 10.3. The average molecular weight is 184 g/mol. The summed E-state index contributed by atoms with van der Waals surface area (Å²) in [5.41, 5.74) is 3.28. The molecule has 1 N–H and O–H groups in total. The monoisotopic (exact) mass is 184 g/mol. The second-order valence-corrected chi connectivity index (χ2v) is 5.35. The van der Waals surface area contributed by atoms with E-state index in [-0.39, 0.29) is 11.1 Å². The molecule has 4 heteroatoms. The van der Waals surface area contributed by atoms with Crippen LogP contribution in [0.25, 0.3) is 0 Å². The Bertz CT molecular complexity index is 187. The topological polar surface area (TPSA) is 30.9 Å². The summed E-state index contributed by atoms with van der Waals surface area (Å²) in [6, 6.07) is 0. The zero-order chi connectivity index (χ0) is 10.3. The third-order valence-electron chi connectivity index (χ3n) is 1.84. The fourth-order valence-corrected chi connectivity index (χ4v) is 0.903. The number of rotatable bonds is 0. The maximum atomic E-state index is 4.28. The molecule has 1 aliphatic heterocycles. The van der Waals surface area contributed by atoms with Gasteiger partial charge in [0.25, 0.3) is 0 Å². The molecule has 0 atom stereocenters. The second kappa shape index (κ2) is 2.87. The zero-order valence-corrected chi connectivity index (χ0v) is 9.42. The first-order valence-electron chi connectivity index (χ1n) is 4.61. The van der Waals surface area contributed by atoms with Gasteiger partial charge >= 0.3 is 0 Å². The molecule has 0 aromatic heterocycles. The number of hydrogen-bond donors (Lipinski definition) is 1. The first-order valence-corrected chi connectivity index (χ1v) is 4.61. The Morgan fingerprint density at radius 1 is 1.00 bits per heavy atom. The fourth-order valence-electron chi connectivity index (χ4n) is 0.903. The quantitative estimate of drug-likeness (QED) is 0.620. The summed E-state index contributed by atoms with van der Waals surface area (Å²) in [6.07, 6.45) is 1.82. The molecular weight excluding hydrogens is 164 g/mol. The lowest BCUT2D eigenvalue weighted by atomic mass is 10.1. The van der Waals surface area contributed by atoms with Crippen LogP contribution in [-0.2, 0) is 0 Å². The van der Waals surface area contributed by atoms with Crippen LogP contribution in [0, 0.1) is 0 Å². The van der Waals surface area contributed by atoms with E-state index in [2.05, 4.69) is 52.2 Å². The van der Waals surface area contributed by atoms with Gasteiger partial charge in [-0.2, -0.15) is 0 Å². The largest absolute Gasteiger partial charge is 0.272 e. The van der Waals surface area contributed by atoms with Crippen molar-refractivity contribution in [1.82, 2.24) is 15.7 Å². The van der Waals surface area contributed by atoms with Crippen LogP contribution in [0.4, 0.5) is 0 Å². The zero-order valence-electron chi connectivity index (χ0n) is 9.42. The van der Waals surface area contributed by atoms with E-state index in [0.29, 0.717) is 0 Å². The van der Waals surface area contributed by atoms with Gasteiger partial charge < -0.3 is 0 Å². The Morgan fingerprint density at radius 2 is 1.54 bits per heavy atom. The molecule has 4 nitrogen and oxygen atoms in total. The second-order valence-electron chi connectivity index (χ2n) is 5.35. The van der Waals surface area contributed by atoms with Crippen molar-refractivity contribution in [2.75, 3.05) is 0 Å². The third kappa shape index (κ3) is 2.34. The first-order chi connectivity index (χ1) is 5.71. The highest BCUT2D eigenvalue weighted by atomic mass is 15.9. The van der Waals surface area contributed by atoms with Crippen molar-refractivity contribution in [2.45, 2.75) is 52.6 Å². The number of nitrogens with zero attached hydrogens (tertiary/aromatic N) is 3. The van der Waals surface area contributed by atoms with Crippen LogP contribution in [0.5, 0.6) is 0 Å². The van der Waals surface area contributed by atoms with Gasteiger partial charge in [-0.05, 0) is 41.5 Å². The molecule has 1 rings (SSSR count). The van der Waals surface area contributed by atoms with Crippen molar-refractivity contribution in [3.8, 4) is 0 Å². The molecule has 0 fully saturated rings. The SMILES string of the molecule is CC(C)(C)N1C=NN(C(C)(C)C)N1. The average Bonchev–Trinajstić information content (AvgIpc) is 2.28. The summed E-state index contributed by atoms with van der Waals surface area (Å²) in [4.78, 5) is 0. The molecule has 1 heterocycles. The molecular formula is C9H20N4. The van der Waals surface area contributed by atoms with Gasteiger partial charge in [-0.1, -0.05) is 0 Å². The van der Waals surface area contributed by atoms with Gasteiger partial charge in [0.2, 0.25) is 0 Å². The van der Waals surface area contributed by atoms with Gasteiger partial charge in [0.05, 0.1) is 11.1 Å². The van der Waals surface area contributed by atoms with Gasteiger partial charge in [-0.3, -0.25) is 5.01 Å². The van der Waals surface area contributed by atoms with Gasteiger partial charge in [0.1, 0.15) is 6.34 Å². The molecule has 0 aromatic carbocycles. The number of hydrazone groups is 1. The van der Waals surface area contributed by atoms with Crippen LogP contribution in [0.1, 0.15) is 41.5 Å². The lowest BCUT2D eigenvalue weighted by Crippen LogP contribution is -2.54. The number of nitrogens with one attached hydrogen (secondary N) is 1. The highest BCUT2D eigenvalue weighted by Crippen LogP contribution is 2.18. The van der Waals surface area contributed by atoms with E-state index in [9.17, 15) is 0 Å². The van der Waals surface area contributed by atoms with E-state index in [1.54, 1.807) is 0 Å². The smallest absolute Gasteiger partial charge is 0.129 e. The van der Waals surface area contributed by atoms with E-state index in [1.165, 1.54) is 0 Å². The van der Waals surface area contributed by atoms with Gasteiger partial charge in [0.15, 0.2) is 0 Å². The van der Waals surface area contributed by atoms with Crippen LogP contribution in [0.3, 0.4) is 0 Å². The van der Waals surface area contributed by atoms with E-state index < -0.39 is 0 Å². The van der Waals surface area contributed by atoms with Crippen molar-refractivity contribution in [3.05, 3.63) is 0 Å². The Morgan fingerprint density at radius 3 is 1.77 bits per heavy atom. The molecule has 0 unspecified atom stereocenters. The molecule has 13 heavy (non-hydrogen) atoms. The van der Waals surface area contributed by atoms with E-state index in [0.717, 1.165) is 0 Å². The predicted octanol–water partition coefficient (Wildman–Crippen LogP) is 1.56. The van der Waals surface area contributed by atoms with Crippen LogP contribution < -0.4 is 5.53 Å². The van der Waals surface area contributed by atoms with Crippen molar-refractivity contribution >= 4 is 6.34 Å². The fraction of sp³-hybridized carbons (Fsp3) is 0.889. The lowest BCUT2D eigenvalue weighted by molar-refractivity contribution is -0.00205. The summed E-state index contributed by atoms with van der Waals surface area (Å²) >= 11 is 0. The van der Waals surface area contributed by atoms with Crippen molar-refractivity contribution in [1.29, 1.82) is 0 Å². The van der Waals surface area contributed by atoms with Crippen LogP contribution in [0.2, 0.25) is 0 Å². The van der Waals surface area contributed by atoms with Crippen molar-refractivity contribution < 1.29 is 0 Å². The summed E-state index contributed by atoms with van der Waals surface area (Å²) in [6.45, 7) is 12.8. The van der Waals surface area contributed by atoms with E-state index >= 15 is 0 Å². The molecule has 76 valence electrons. The van der Waals surface area contributed by atoms with E-state index in [4.69, 9.17) is 0 Å². The van der Waals surface area contributed by atoms with Crippen LogP contribution in [-0.4, -0.2) is 27.5 Å². The minimum absolute atomic E-state index is 0.0104. The minimum Gasteiger partial charge on any atom is -0.272 e. The molecule has 0 saturated heterocycles. The number of hydrazine groups is 2. The maximum absolute atomic E-state index is 4.28. The Labute approximate surface area is 80.5 Å². The van der Waals surface area contributed by atoms with Gasteiger partial charge in [0, 0.05) is 0 Å². The molecule has 1 aliphatic rings. The maximum Gasteiger partial charge on any atom is 0.129 e. The highest BCUT2D eigenvalue weighted by Gasteiger charge is 2.30. The molecule has 0 spiro atoms. The highest BCUT2D eigenvalue weighted by molar-refractivity contribution is 5.56. The Hall–Kier alpha value is -0.770. The molecule has 0 amide bonds. The molecule has 0 radical (unpaired) electrons. The molecule has 0 saturated carbocycles. The van der Waals surface area contributed by atoms with Gasteiger partial charge in [-0.15, -0.1) is 10.6 Å². The van der Waals surface area contributed by atoms with E-state index in [1.807, 2.05) is 16.5 Å². The standard InChI is InChI=1S/C9H20N4/c1-8(2,3)12-7-10-13(11-12)9(4,5)6/h7,11H,1-6H3. The number of hydrogen-bond acceptors (Lipinski definition) is 4. The Kier molecular flexibility index (Phi) is 2.28. The summed E-state index contributed by atoms with van der Waals surface area (Å²) in [5.74, 6) is 0. The molecule has 0 aliphatic carbocycles. The normalized spacial score (nSPS) is 18.6. The summed E-state index contributed by atoms with van der Waals surface area (Å²) < 4.78 is 0. The van der Waals surface area contributed by atoms with Crippen molar-refractivity contribution in [2.24, 2.45) is 5.10 Å². The van der Waals surface area contributed by atoms with Crippen LogP contribution in [0.15, 0.2) is 5.10 Å². The molecule has 0 aromatic rings. The molecule has 0 bridgehead atoms. The Balaban J connectivity index is 2.63. The third-order valence-corrected chi connectivity index (χ3v) is 1.84. The summed E-state index contributed by atoms with van der Waals surface area (Å²) in [5, 5.41) is 8.14.